The van der Waals surface area contributed by atoms with Crippen LogP contribution in [0.4, 0.5) is 5.82 Å². The average Bonchev–Trinajstić information content (AvgIpc) is 3.11. The normalized spacial score (nSPS) is 27.7. The lowest BCUT2D eigenvalue weighted by Crippen LogP contribution is -2.33. The molecule has 23 heavy (non-hydrogen) atoms. The zero-order chi connectivity index (χ0) is 16.4. The van der Waals surface area contributed by atoms with Gasteiger partial charge < -0.3 is 31.1 Å². The van der Waals surface area contributed by atoms with E-state index in [1.807, 2.05) is 0 Å². The van der Waals surface area contributed by atoms with Crippen molar-refractivity contribution < 1.29 is 20.1 Å². The van der Waals surface area contributed by atoms with Crippen LogP contribution in [0.2, 0.25) is 0 Å². The van der Waals surface area contributed by atoms with Gasteiger partial charge in [-0.05, 0) is 13.0 Å². The van der Waals surface area contributed by atoms with Crippen molar-refractivity contribution in [1.29, 1.82) is 0 Å². The summed E-state index contributed by atoms with van der Waals surface area (Å²) in [5, 5.41) is 32.3. The number of nitrogens with two attached hydrogens (primary N) is 1. The Labute approximate surface area is 131 Å². The highest BCUT2D eigenvalue weighted by Crippen LogP contribution is 2.31. The number of aliphatic hydroxyl groups is 3. The van der Waals surface area contributed by atoms with Gasteiger partial charge in [0.05, 0.1) is 12.9 Å². The number of anilines is 1. The highest BCUT2D eigenvalue weighted by molar-refractivity contribution is 5.82. The van der Waals surface area contributed by atoms with E-state index in [0.29, 0.717) is 30.1 Å². The molecule has 2 aromatic heterocycles. The van der Waals surface area contributed by atoms with E-state index in [4.69, 9.17) is 10.5 Å². The molecule has 0 radical (unpaired) electrons. The number of ether oxygens (including phenoxy) is 1. The van der Waals surface area contributed by atoms with Gasteiger partial charge >= 0.3 is 0 Å². The number of aromatic nitrogens is 4. The van der Waals surface area contributed by atoms with E-state index in [0.717, 1.165) is 6.42 Å². The fourth-order valence-corrected chi connectivity index (χ4v) is 2.59. The average molecular weight is 324 g/mol. The first kappa shape index (κ1) is 16.0. The molecule has 0 aromatic carbocycles. The van der Waals surface area contributed by atoms with Crippen molar-refractivity contribution in [2.45, 2.75) is 31.0 Å². The molecule has 1 aliphatic rings. The van der Waals surface area contributed by atoms with E-state index >= 15 is 0 Å². The molecule has 0 saturated carbocycles. The fourth-order valence-electron chi connectivity index (χ4n) is 2.59. The first-order valence-corrected chi connectivity index (χ1v) is 7.41. The Hall–Kier alpha value is -1.85. The molecule has 4 unspecified atom stereocenters. The van der Waals surface area contributed by atoms with E-state index < -0.39 is 24.5 Å². The molecule has 2 aromatic rings. The van der Waals surface area contributed by atoms with Crippen LogP contribution in [-0.4, -0.2) is 72.8 Å². The topological polar surface area (TPSA) is 152 Å². The SMILES string of the molecule is NCCCNc1ncnc2c1ncn2C1OC(CO)C(O)C1O. The van der Waals surface area contributed by atoms with Gasteiger partial charge in [-0.25, -0.2) is 15.0 Å². The number of hydrogen-bond acceptors (Lipinski definition) is 9. The summed E-state index contributed by atoms with van der Waals surface area (Å²) in [7, 11) is 0. The Bertz CT molecular complexity index is 665. The second-order valence-electron chi connectivity index (χ2n) is 5.34. The number of fused-ring (bicyclic) bond motifs is 1. The van der Waals surface area contributed by atoms with Crippen molar-refractivity contribution in [2.75, 3.05) is 25.0 Å². The van der Waals surface area contributed by atoms with Crippen LogP contribution in [0.5, 0.6) is 0 Å². The lowest BCUT2D eigenvalue weighted by molar-refractivity contribution is -0.0511. The third-order valence-electron chi connectivity index (χ3n) is 3.82. The molecule has 1 saturated heterocycles. The summed E-state index contributed by atoms with van der Waals surface area (Å²) in [6.07, 6.45) is -0.448. The minimum absolute atomic E-state index is 0.387. The zero-order valence-electron chi connectivity index (χ0n) is 12.4. The molecule has 0 aliphatic carbocycles. The van der Waals surface area contributed by atoms with Gasteiger partial charge in [0, 0.05) is 6.54 Å². The van der Waals surface area contributed by atoms with Crippen LogP contribution in [0.1, 0.15) is 12.6 Å². The number of nitrogens with one attached hydrogen (secondary N) is 1. The van der Waals surface area contributed by atoms with Crippen molar-refractivity contribution >= 4 is 17.0 Å². The molecule has 1 fully saturated rings. The first-order valence-electron chi connectivity index (χ1n) is 7.41. The Morgan fingerprint density at radius 1 is 1.26 bits per heavy atom. The van der Waals surface area contributed by atoms with Gasteiger partial charge in [0.25, 0.3) is 0 Å². The molecule has 10 nitrogen and oxygen atoms in total. The summed E-state index contributed by atoms with van der Waals surface area (Å²) in [5.74, 6) is 0.564. The molecule has 6 N–H and O–H groups in total. The second kappa shape index (κ2) is 6.72. The third-order valence-corrected chi connectivity index (χ3v) is 3.82. The van der Waals surface area contributed by atoms with Crippen molar-refractivity contribution in [3.8, 4) is 0 Å². The van der Waals surface area contributed by atoms with Crippen molar-refractivity contribution in [3.05, 3.63) is 12.7 Å². The van der Waals surface area contributed by atoms with Crippen LogP contribution in [-0.2, 0) is 4.74 Å². The summed E-state index contributed by atoms with van der Waals surface area (Å²) >= 11 is 0. The second-order valence-corrected chi connectivity index (χ2v) is 5.34. The van der Waals surface area contributed by atoms with Crippen LogP contribution in [0.3, 0.4) is 0 Å². The number of imidazole rings is 1. The molecule has 0 amide bonds. The maximum Gasteiger partial charge on any atom is 0.167 e. The lowest BCUT2D eigenvalue weighted by atomic mass is 10.1. The van der Waals surface area contributed by atoms with Gasteiger partial charge in [0.1, 0.15) is 24.6 Å². The summed E-state index contributed by atoms with van der Waals surface area (Å²) in [4.78, 5) is 12.6. The lowest BCUT2D eigenvalue weighted by Gasteiger charge is -2.16. The van der Waals surface area contributed by atoms with Crippen LogP contribution in [0, 0.1) is 0 Å². The molecular weight excluding hydrogens is 304 g/mol. The van der Waals surface area contributed by atoms with E-state index in [-0.39, 0.29) is 6.61 Å². The molecule has 4 atom stereocenters. The summed E-state index contributed by atoms with van der Waals surface area (Å²) < 4.78 is 7.02. The summed E-state index contributed by atoms with van der Waals surface area (Å²) in [6.45, 7) is 0.837. The summed E-state index contributed by atoms with van der Waals surface area (Å²) in [6, 6.07) is 0. The van der Waals surface area contributed by atoms with Crippen molar-refractivity contribution in [3.63, 3.8) is 0 Å². The number of rotatable bonds is 6. The molecule has 0 bridgehead atoms. The smallest absolute Gasteiger partial charge is 0.167 e. The maximum atomic E-state index is 10.1. The van der Waals surface area contributed by atoms with Gasteiger partial charge in [-0.2, -0.15) is 0 Å². The Kier molecular flexibility index (Phi) is 4.68. The van der Waals surface area contributed by atoms with E-state index in [1.54, 1.807) is 0 Å². The standard InChI is InChI=1S/C13H20N6O4/c14-2-1-3-15-11-8-12(17-5-16-11)19(6-18-8)13-10(22)9(21)7(4-20)23-13/h5-7,9-10,13,20-22H,1-4,14H2,(H,15,16,17). The maximum absolute atomic E-state index is 10.1. The third kappa shape index (κ3) is 2.86. The minimum atomic E-state index is -1.19. The summed E-state index contributed by atoms with van der Waals surface area (Å²) in [5.41, 5.74) is 6.46. The van der Waals surface area contributed by atoms with Gasteiger partial charge in [0.2, 0.25) is 0 Å². The monoisotopic (exact) mass is 324 g/mol. The minimum Gasteiger partial charge on any atom is -0.394 e. The van der Waals surface area contributed by atoms with Crippen molar-refractivity contribution in [1.82, 2.24) is 19.5 Å². The van der Waals surface area contributed by atoms with Gasteiger partial charge in [-0.1, -0.05) is 0 Å². The van der Waals surface area contributed by atoms with Crippen LogP contribution < -0.4 is 11.1 Å². The van der Waals surface area contributed by atoms with Crippen molar-refractivity contribution in [2.24, 2.45) is 5.73 Å². The first-order chi connectivity index (χ1) is 11.2. The predicted octanol–water partition coefficient (Wildman–Crippen LogP) is -1.80. The molecular formula is C13H20N6O4. The van der Waals surface area contributed by atoms with Gasteiger partial charge in [-0.15, -0.1) is 0 Å². The molecule has 1 aliphatic heterocycles. The number of aliphatic hydroxyl groups excluding tert-OH is 3. The van der Waals surface area contributed by atoms with E-state index in [1.165, 1.54) is 17.2 Å². The highest BCUT2D eigenvalue weighted by atomic mass is 16.6. The zero-order valence-corrected chi connectivity index (χ0v) is 12.4. The Morgan fingerprint density at radius 3 is 2.78 bits per heavy atom. The van der Waals surface area contributed by atoms with Crippen LogP contribution in [0.15, 0.2) is 12.7 Å². The Balaban J connectivity index is 1.90. The molecule has 0 spiro atoms. The number of nitrogens with zero attached hydrogens (tertiary/aromatic N) is 4. The van der Waals surface area contributed by atoms with Gasteiger partial charge in [-0.3, -0.25) is 4.57 Å². The highest BCUT2D eigenvalue weighted by Gasteiger charge is 2.43. The van der Waals surface area contributed by atoms with Crippen LogP contribution >= 0.6 is 0 Å². The quantitative estimate of drug-likeness (QED) is 0.387. The Morgan fingerprint density at radius 2 is 2.09 bits per heavy atom. The van der Waals surface area contributed by atoms with Gasteiger partial charge in [0.15, 0.2) is 23.2 Å². The molecule has 10 heteroatoms. The molecule has 3 rings (SSSR count). The number of hydrogen-bond donors (Lipinski definition) is 5. The van der Waals surface area contributed by atoms with Crippen LogP contribution in [0.25, 0.3) is 11.2 Å². The van der Waals surface area contributed by atoms with E-state index in [2.05, 4.69) is 20.3 Å². The predicted molar refractivity (Wildman–Crippen MR) is 80.5 cm³/mol. The fraction of sp³-hybridized carbons (Fsp3) is 0.615. The largest absolute Gasteiger partial charge is 0.394 e. The molecule has 126 valence electrons. The van der Waals surface area contributed by atoms with E-state index in [9.17, 15) is 15.3 Å². The molecule has 3 heterocycles.